The maximum absolute atomic E-state index is 14.7. The predicted octanol–water partition coefficient (Wildman–Crippen LogP) is 4.10. The summed E-state index contributed by atoms with van der Waals surface area (Å²) in [4.78, 5) is 12.8. The highest BCUT2D eigenvalue weighted by molar-refractivity contribution is 5.95. The highest BCUT2D eigenvalue weighted by Crippen LogP contribution is 2.32. The van der Waals surface area contributed by atoms with Gasteiger partial charge in [0.2, 0.25) is 5.95 Å². The van der Waals surface area contributed by atoms with Gasteiger partial charge in [0.25, 0.3) is 0 Å². The number of nitrogen functional groups attached to an aromatic ring is 1. The van der Waals surface area contributed by atoms with Gasteiger partial charge >= 0.3 is 0 Å². The summed E-state index contributed by atoms with van der Waals surface area (Å²) in [6.07, 6.45) is 3.08. The van der Waals surface area contributed by atoms with Crippen LogP contribution in [0, 0.1) is 5.82 Å². The number of halogens is 1. The molecule has 0 saturated carbocycles. The summed E-state index contributed by atoms with van der Waals surface area (Å²) < 4.78 is 16.6. The Labute approximate surface area is 187 Å². The number of nitrogens with one attached hydrogen (secondary N) is 1. The molecule has 2 aromatic heterocycles. The molecule has 0 saturated heterocycles. The molecule has 0 atom stereocenters. The third-order valence-electron chi connectivity index (χ3n) is 5.47. The van der Waals surface area contributed by atoms with Crippen LogP contribution in [0.2, 0.25) is 0 Å². The number of para-hydroxylation sites is 1. The van der Waals surface area contributed by atoms with E-state index in [0.717, 1.165) is 40.9 Å². The van der Waals surface area contributed by atoms with Crippen molar-refractivity contribution in [1.29, 1.82) is 0 Å². The highest BCUT2D eigenvalue weighted by Gasteiger charge is 2.16. The van der Waals surface area contributed by atoms with Crippen LogP contribution < -0.4 is 16.0 Å². The van der Waals surface area contributed by atoms with Crippen LogP contribution in [0.5, 0.6) is 0 Å². The van der Waals surface area contributed by atoms with Gasteiger partial charge < -0.3 is 25.4 Å². The van der Waals surface area contributed by atoms with E-state index in [4.69, 9.17) is 5.73 Å². The molecule has 32 heavy (non-hydrogen) atoms. The molecular weight excluding hydrogens is 405 g/mol. The summed E-state index contributed by atoms with van der Waals surface area (Å²) in [7, 11) is 8.03. The monoisotopic (exact) mass is 433 g/mol. The molecule has 166 valence electrons. The fraction of sp³-hybridized carbons (Fsp3) is 0.250. The zero-order valence-corrected chi connectivity index (χ0v) is 18.8. The number of nitrogens with zero attached hydrogens (tertiary/aromatic N) is 5. The van der Waals surface area contributed by atoms with Gasteiger partial charge in [0.1, 0.15) is 5.69 Å². The maximum Gasteiger partial charge on any atom is 0.227 e. The molecule has 2 aromatic carbocycles. The Morgan fingerprint density at radius 3 is 2.62 bits per heavy atom. The van der Waals surface area contributed by atoms with E-state index >= 15 is 0 Å². The van der Waals surface area contributed by atoms with Gasteiger partial charge in [-0.2, -0.15) is 0 Å². The Morgan fingerprint density at radius 2 is 1.88 bits per heavy atom. The summed E-state index contributed by atoms with van der Waals surface area (Å²) in [6, 6.07) is 13.6. The molecule has 4 rings (SSSR count). The summed E-state index contributed by atoms with van der Waals surface area (Å²) in [5.74, 6) is -0.160. The number of anilines is 4. The van der Waals surface area contributed by atoms with Gasteiger partial charge in [0.15, 0.2) is 5.82 Å². The van der Waals surface area contributed by atoms with Gasteiger partial charge in [-0.25, -0.2) is 14.4 Å². The normalized spacial score (nSPS) is 11.3. The molecule has 7 nitrogen and oxygen atoms in total. The number of benzene rings is 2. The van der Waals surface area contributed by atoms with E-state index in [0.29, 0.717) is 11.6 Å². The number of hydrogen-bond acceptors (Lipinski definition) is 6. The van der Waals surface area contributed by atoms with Gasteiger partial charge in [-0.1, -0.05) is 18.2 Å². The van der Waals surface area contributed by atoms with E-state index in [1.165, 1.54) is 6.20 Å². The fourth-order valence-corrected chi connectivity index (χ4v) is 3.73. The van der Waals surface area contributed by atoms with Crippen molar-refractivity contribution < 1.29 is 4.39 Å². The lowest BCUT2D eigenvalue weighted by atomic mass is 10.1. The van der Waals surface area contributed by atoms with E-state index in [2.05, 4.69) is 25.1 Å². The summed E-state index contributed by atoms with van der Waals surface area (Å²) >= 11 is 0. The average molecular weight is 434 g/mol. The van der Waals surface area contributed by atoms with Crippen LogP contribution in [-0.2, 0) is 7.05 Å². The number of hydrogen-bond donors (Lipinski definition) is 2. The quantitative estimate of drug-likeness (QED) is 0.428. The molecule has 0 spiro atoms. The molecule has 0 aliphatic carbocycles. The fourth-order valence-electron chi connectivity index (χ4n) is 3.73. The first-order valence-electron chi connectivity index (χ1n) is 10.4. The van der Waals surface area contributed by atoms with Crippen molar-refractivity contribution in [2.45, 2.75) is 0 Å². The third-order valence-corrected chi connectivity index (χ3v) is 5.47. The summed E-state index contributed by atoms with van der Waals surface area (Å²) in [6.45, 7) is 1.79. The molecule has 0 aliphatic heterocycles. The van der Waals surface area contributed by atoms with Crippen LogP contribution in [0.15, 0.2) is 54.9 Å². The minimum atomic E-state index is -0.468. The molecule has 0 amide bonds. The zero-order chi connectivity index (χ0) is 22.8. The van der Waals surface area contributed by atoms with Crippen molar-refractivity contribution in [3.05, 3.63) is 60.7 Å². The SMILES string of the molecule is CN(C)CCN(C)c1ccc(Nc2ncc(F)c(-c3cn(C)c4ccccc34)n2)cc1N. The molecule has 0 unspecified atom stereocenters. The predicted molar refractivity (Wildman–Crippen MR) is 130 cm³/mol. The number of rotatable bonds is 7. The Bertz CT molecular complexity index is 1250. The molecule has 0 radical (unpaired) electrons. The second-order valence-electron chi connectivity index (χ2n) is 8.18. The van der Waals surface area contributed by atoms with Crippen LogP contribution in [-0.4, -0.2) is 53.7 Å². The summed E-state index contributed by atoms with van der Waals surface area (Å²) in [5.41, 5.74) is 10.6. The topological polar surface area (TPSA) is 75.2 Å². The zero-order valence-electron chi connectivity index (χ0n) is 18.8. The smallest absolute Gasteiger partial charge is 0.227 e. The van der Waals surface area contributed by atoms with Gasteiger partial charge in [0, 0.05) is 55.5 Å². The first-order valence-corrected chi connectivity index (χ1v) is 10.4. The lowest BCUT2D eigenvalue weighted by Gasteiger charge is -2.23. The van der Waals surface area contributed by atoms with E-state index in [1.807, 2.05) is 81.4 Å². The van der Waals surface area contributed by atoms with E-state index < -0.39 is 5.82 Å². The van der Waals surface area contributed by atoms with Crippen LogP contribution in [0.3, 0.4) is 0 Å². The molecule has 4 aromatic rings. The maximum atomic E-state index is 14.7. The second-order valence-corrected chi connectivity index (χ2v) is 8.18. The van der Waals surface area contributed by atoms with Crippen molar-refractivity contribution >= 4 is 33.9 Å². The van der Waals surface area contributed by atoms with Crippen LogP contribution >= 0.6 is 0 Å². The number of fused-ring (bicyclic) bond motifs is 1. The Morgan fingerprint density at radius 1 is 1.09 bits per heavy atom. The van der Waals surface area contributed by atoms with Crippen molar-refractivity contribution in [3.8, 4) is 11.3 Å². The Kier molecular flexibility index (Phi) is 5.96. The average Bonchev–Trinajstić information content (AvgIpc) is 3.10. The van der Waals surface area contributed by atoms with Crippen LogP contribution in [0.1, 0.15) is 0 Å². The number of aryl methyl sites for hydroxylation is 1. The lowest BCUT2D eigenvalue weighted by molar-refractivity contribution is 0.416. The number of nitrogens with two attached hydrogens (primary N) is 1. The van der Waals surface area contributed by atoms with Crippen LogP contribution in [0.4, 0.5) is 27.4 Å². The van der Waals surface area contributed by atoms with E-state index in [-0.39, 0.29) is 5.69 Å². The highest BCUT2D eigenvalue weighted by atomic mass is 19.1. The molecule has 2 heterocycles. The molecule has 0 aliphatic rings. The number of aromatic nitrogens is 3. The van der Waals surface area contributed by atoms with Crippen molar-refractivity contribution in [3.63, 3.8) is 0 Å². The van der Waals surface area contributed by atoms with Gasteiger partial charge in [0.05, 0.1) is 17.6 Å². The van der Waals surface area contributed by atoms with E-state index in [9.17, 15) is 4.39 Å². The van der Waals surface area contributed by atoms with Crippen molar-refractivity contribution in [2.75, 3.05) is 50.2 Å². The van der Waals surface area contributed by atoms with Gasteiger partial charge in [-0.3, -0.25) is 0 Å². The molecule has 3 N–H and O–H groups in total. The van der Waals surface area contributed by atoms with Gasteiger partial charge in [-0.05, 0) is 38.4 Å². The lowest BCUT2D eigenvalue weighted by Crippen LogP contribution is -2.28. The molecule has 0 bridgehead atoms. The molecular formula is C24H28FN7. The van der Waals surface area contributed by atoms with E-state index in [1.54, 1.807) is 0 Å². The van der Waals surface area contributed by atoms with Crippen molar-refractivity contribution in [1.82, 2.24) is 19.4 Å². The molecule has 0 fully saturated rings. The standard InChI is InChI=1S/C24H28FN7/c1-30(2)11-12-31(3)22-10-9-16(13-20(22)26)28-24-27-14-19(25)23(29-24)18-15-32(4)21-8-6-5-7-17(18)21/h5-10,13-15H,11-12,26H2,1-4H3,(H,27,28,29). The second kappa shape index (κ2) is 8.84. The van der Waals surface area contributed by atoms with Crippen molar-refractivity contribution in [2.24, 2.45) is 7.05 Å². The first-order chi connectivity index (χ1) is 15.3. The first kappa shape index (κ1) is 21.6. The Hall–Kier alpha value is -3.65. The molecule has 8 heteroatoms. The number of likely N-dealkylation sites (N-methyl/N-ethyl adjacent to an activating group) is 2. The summed E-state index contributed by atoms with van der Waals surface area (Å²) in [5, 5.41) is 4.09. The van der Waals surface area contributed by atoms with Gasteiger partial charge in [-0.15, -0.1) is 0 Å². The Balaban J connectivity index is 1.60. The minimum Gasteiger partial charge on any atom is -0.397 e. The minimum absolute atomic E-state index is 0.257. The van der Waals surface area contributed by atoms with Crippen LogP contribution in [0.25, 0.3) is 22.2 Å². The third kappa shape index (κ3) is 4.36. The largest absolute Gasteiger partial charge is 0.397 e.